The van der Waals surface area contributed by atoms with Crippen molar-refractivity contribution in [3.05, 3.63) is 98.5 Å². The van der Waals surface area contributed by atoms with Crippen molar-refractivity contribution in [2.24, 2.45) is 0 Å². The predicted octanol–water partition coefficient (Wildman–Crippen LogP) is 5.11. The monoisotopic (exact) mass is 595 g/mol. The number of carbonyl (C=O) groups excluding carboxylic acids is 2. The lowest BCUT2D eigenvalue weighted by atomic mass is 10.0. The van der Waals surface area contributed by atoms with E-state index in [0.717, 1.165) is 16.1 Å². The van der Waals surface area contributed by atoms with E-state index in [2.05, 4.69) is 5.32 Å². The second kappa shape index (κ2) is 12.8. The maximum absolute atomic E-state index is 13.9. The minimum absolute atomic E-state index is 0.00717. The number of nitrogens with one attached hydrogen (secondary N) is 1. The van der Waals surface area contributed by atoms with Gasteiger partial charge in [-0.3, -0.25) is 13.9 Å². The van der Waals surface area contributed by atoms with Crippen LogP contribution in [0.1, 0.15) is 16.7 Å². The van der Waals surface area contributed by atoms with Crippen LogP contribution in [0.3, 0.4) is 0 Å². The van der Waals surface area contributed by atoms with Crippen LogP contribution in [0.2, 0.25) is 15.1 Å². The molecule has 38 heavy (non-hydrogen) atoms. The first-order chi connectivity index (χ1) is 17.9. The quantitative estimate of drug-likeness (QED) is 0.353. The molecule has 0 heterocycles. The van der Waals surface area contributed by atoms with Crippen LogP contribution in [0.25, 0.3) is 0 Å². The summed E-state index contributed by atoms with van der Waals surface area (Å²) in [7, 11) is -2.41. The van der Waals surface area contributed by atoms with Gasteiger partial charge >= 0.3 is 0 Å². The first kappa shape index (κ1) is 29.8. The van der Waals surface area contributed by atoms with E-state index in [4.69, 9.17) is 34.8 Å². The third-order valence-electron chi connectivity index (χ3n) is 5.97. The van der Waals surface area contributed by atoms with Crippen molar-refractivity contribution in [1.29, 1.82) is 0 Å². The number of halogens is 3. The zero-order chi connectivity index (χ0) is 28.0. The summed E-state index contributed by atoms with van der Waals surface area (Å²) in [4.78, 5) is 28.4. The van der Waals surface area contributed by atoms with Crippen LogP contribution in [-0.4, -0.2) is 51.0 Å². The van der Waals surface area contributed by atoms with Gasteiger partial charge in [-0.05, 0) is 47.9 Å². The van der Waals surface area contributed by atoms with Crippen LogP contribution in [0.5, 0.6) is 0 Å². The van der Waals surface area contributed by atoms with Crippen LogP contribution in [0, 0.1) is 6.92 Å². The molecule has 0 aliphatic rings. The molecule has 0 saturated carbocycles. The molecule has 11 heteroatoms. The van der Waals surface area contributed by atoms with E-state index in [0.29, 0.717) is 26.2 Å². The molecule has 3 rings (SSSR count). The number of likely N-dealkylation sites (N-methyl/N-ethyl adjacent to an activating group) is 1. The first-order valence-corrected chi connectivity index (χ1v) is 14.6. The molecule has 0 spiro atoms. The molecule has 2 amide bonds. The fourth-order valence-electron chi connectivity index (χ4n) is 4.00. The molecule has 0 saturated heterocycles. The third kappa shape index (κ3) is 7.63. The van der Waals surface area contributed by atoms with Gasteiger partial charge in [0.15, 0.2) is 0 Å². The molecule has 1 N–H and O–H groups in total. The number of rotatable bonds is 10. The lowest BCUT2D eigenvalue weighted by Gasteiger charge is -2.33. The Morgan fingerprint density at radius 2 is 1.61 bits per heavy atom. The van der Waals surface area contributed by atoms with Gasteiger partial charge in [0.05, 0.1) is 22.0 Å². The number of aryl methyl sites for hydroxylation is 1. The highest BCUT2D eigenvalue weighted by Crippen LogP contribution is 2.28. The van der Waals surface area contributed by atoms with Crippen molar-refractivity contribution in [3.8, 4) is 0 Å². The molecule has 3 aromatic carbocycles. The first-order valence-electron chi connectivity index (χ1n) is 11.6. The summed E-state index contributed by atoms with van der Waals surface area (Å²) >= 11 is 18.4. The normalized spacial score (nSPS) is 12.1. The Bertz CT molecular complexity index is 1420. The average Bonchev–Trinajstić information content (AvgIpc) is 2.87. The van der Waals surface area contributed by atoms with Crippen LogP contribution in [-0.2, 0) is 32.6 Å². The minimum atomic E-state index is -3.89. The summed E-state index contributed by atoms with van der Waals surface area (Å²) in [5.74, 6) is -0.975. The van der Waals surface area contributed by atoms with E-state index in [1.165, 1.54) is 18.0 Å². The predicted molar refractivity (Wildman–Crippen MR) is 153 cm³/mol. The van der Waals surface area contributed by atoms with Crippen molar-refractivity contribution in [2.75, 3.05) is 24.2 Å². The second-order valence-electron chi connectivity index (χ2n) is 8.79. The van der Waals surface area contributed by atoms with Crippen molar-refractivity contribution in [2.45, 2.75) is 25.9 Å². The molecule has 1 unspecified atom stereocenters. The molecule has 202 valence electrons. The van der Waals surface area contributed by atoms with Crippen LogP contribution in [0.4, 0.5) is 5.69 Å². The van der Waals surface area contributed by atoms with Gasteiger partial charge in [0, 0.05) is 25.0 Å². The number of carbonyl (C=O) groups is 2. The van der Waals surface area contributed by atoms with E-state index in [1.54, 1.807) is 37.3 Å². The molecule has 0 aliphatic carbocycles. The molecule has 0 aliphatic heterocycles. The fraction of sp³-hybridized carbons (Fsp3) is 0.259. The van der Waals surface area contributed by atoms with E-state index < -0.39 is 34.4 Å². The summed E-state index contributed by atoms with van der Waals surface area (Å²) in [5, 5.41) is 3.60. The number of amides is 2. The maximum atomic E-state index is 13.9. The van der Waals surface area contributed by atoms with Crippen molar-refractivity contribution >= 4 is 62.3 Å². The van der Waals surface area contributed by atoms with E-state index in [1.807, 2.05) is 30.3 Å². The molecule has 1 atom stereocenters. The van der Waals surface area contributed by atoms with Crippen LogP contribution >= 0.6 is 34.8 Å². The molecule has 0 fully saturated rings. The van der Waals surface area contributed by atoms with Crippen LogP contribution < -0.4 is 9.62 Å². The highest BCUT2D eigenvalue weighted by Gasteiger charge is 2.33. The number of benzene rings is 3. The van der Waals surface area contributed by atoms with E-state index in [-0.39, 0.29) is 18.7 Å². The Labute approximate surface area is 238 Å². The fourth-order valence-corrected chi connectivity index (χ4v) is 5.39. The highest BCUT2D eigenvalue weighted by molar-refractivity contribution is 7.92. The largest absolute Gasteiger partial charge is 0.357 e. The Balaban J connectivity index is 2.07. The van der Waals surface area contributed by atoms with Gasteiger partial charge in [0.25, 0.3) is 0 Å². The molecular formula is C27H28Cl3N3O4S. The standard InChI is InChI=1S/C27H28Cl3N3O4S/c1-18-9-11-21(28)15-24(18)33(38(3,36)37)17-26(34)32(16-20-10-12-22(29)23(30)13-20)25(27(35)31-2)14-19-7-5-4-6-8-19/h4-13,15,25H,14,16-17H2,1-3H3,(H,31,35). The SMILES string of the molecule is CNC(=O)C(Cc1ccccc1)N(Cc1ccc(Cl)c(Cl)c1)C(=O)CN(c1cc(Cl)ccc1C)S(C)(=O)=O. The van der Waals surface area contributed by atoms with Gasteiger partial charge in [-0.1, -0.05) is 77.3 Å². The Hall–Kier alpha value is -2.78. The van der Waals surface area contributed by atoms with Crippen molar-refractivity contribution < 1.29 is 18.0 Å². The number of sulfonamides is 1. The van der Waals surface area contributed by atoms with Crippen LogP contribution in [0.15, 0.2) is 66.7 Å². The van der Waals surface area contributed by atoms with E-state index in [9.17, 15) is 18.0 Å². The van der Waals surface area contributed by atoms with Crippen molar-refractivity contribution in [1.82, 2.24) is 10.2 Å². The lowest BCUT2D eigenvalue weighted by Crippen LogP contribution is -2.53. The summed E-state index contributed by atoms with van der Waals surface area (Å²) in [5.41, 5.74) is 2.36. The smallest absolute Gasteiger partial charge is 0.244 e. The molecule has 0 aromatic heterocycles. The Kier molecular flexibility index (Phi) is 10.1. The topological polar surface area (TPSA) is 86.8 Å². The molecule has 3 aromatic rings. The maximum Gasteiger partial charge on any atom is 0.244 e. The van der Waals surface area contributed by atoms with E-state index >= 15 is 0 Å². The lowest BCUT2D eigenvalue weighted by molar-refractivity contribution is -0.139. The van der Waals surface area contributed by atoms with Gasteiger partial charge in [-0.2, -0.15) is 0 Å². The number of hydrogen-bond donors (Lipinski definition) is 1. The highest BCUT2D eigenvalue weighted by atomic mass is 35.5. The zero-order valence-electron chi connectivity index (χ0n) is 21.1. The molecular weight excluding hydrogens is 569 g/mol. The number of nitrogens with zero attached hydrogens (tertiary/aromatic N) is 2. The molecule has 7 nitrogen and oxygen atoms in total. The number of hydrogen-bond acceptors (Lipinski definition) is 4. The number of anilines is 1. The third-order valence-corrected chi connectivity index (χ3v) is 8.07. The Morgan fingerprint density at radius 3 is 2.21 bits per heavy atom. The van der Waals surface area contributed by atoms with Gasteiger partial charge < -0.3 is 10.2 Å². The average molecular weight is 597 g/mol. The van der Waals surface area contributed by atoms with Crippen molar-refractivity contribution in [3.63, 3.8) is 0 Å². The minimum Gasteiger partial charge on any atom is -0.357 e. The van der Waals surface area contributed by atoms with Gasteiger partial charge in [0.1, 0.15) is 12.6 Å². The second-order valence-corrected chi connectivity index (χ2v) is 11.9. The summed E-state index contributed by atoms with van der Waals surface area (Å²) < 4.78 is 26.7. The van der Waals surface area contributed by atoms with Gasteiger partial charge in [0.2, 0.25) is 21.8 Å². The summed E-state index contributed by atoms with van der Waals surface area (Å²) in [6, 6.07) is 18.0. The summed E-state index contributed by atoms with van der Waals surface area (Å²) in [6.45, 7) is 1.18. The van der Waals surface area contributed by atoms with Gasteiger partial charge in [-0.25, -0.2) is 8.42 Å². The summed E-state index contributed by atoms with van der Waals surface area (Å²) in [6.07, 6.45) is 1.23. The Morgan fingerprint density at radius 1 is 0.921 bits per heavy atom. The molecule has 0 bridgehead atoms. The molecule has 0 radical (unpaired) electrons. The van der Waals surface area contributed by atoms with Gasteiger partial charge in [-0.15, -0.1) is 0 Å². The zero-order valence-corrected chi connectivity index (χ0v) is 24.2.